The number of anilines is 1. The van der Waals surface area contributed by atoms with Crippen LogP contribution in [0.3, 0.4) is 0 Å². The van der Waals surface area contributed by atoms with Crippen molar-refractivity contribution in [3.8, 4) is 11.1 Å². The summed E-state index contributed by atoms with van der Waals surface area (Å²) in [6.45, 7) is 1.96. The fourth-order valence-electron chi connectivity index (χ4n) is 4.43. The molecule has 0 radical (unpaired) electrons. The van der Waals surface area contributed by atoms with E-state index in [1.54, 1.807) is 16.9 Å². The van der Waals surface area contributed by atoms with E-state index in [1.165, 1.54) is 0 Å². The zero-order valence-electron chi connectivity index (χ0n) is 20.0. The van der Waals surface area contributed by atoms with E-state index < -0.39 is 0 Å². The number of fused-ring (bicyclic) bond motifs is 2. The normalized spacial score (nSPS) is 14.2. The monoisotopic (exact) mass is 479 g/mol. The second-order valence-electron chi connectivity index (χ2n) is 9.28. The number of carbonyl (C=O) groups excluding carboxylic acids is 2. The molecule has 1 aliphatic carbocycles. The highest BCUT2D eigenvalue weighted by Gasteiger charge is 2.30. The van der Waals surface area contributed by atoms with Crippen LogP contribution in [0.5, 0.6) is 0 Å². The van der Waals surface area contributed by atoms with Gasteiger partial charge in [-0.05, 0) is 72.9 Å². The molecule has 0 spiro atoms. The summed E-state index contributed by atoms with van der Waals surface area (Å²) in [4.78, 5) is 33.8. The van der Waals surface area contributed by atoms with Crippen LogP contribution in [-0.2, 0) is 11.8 Å². The molecule has 180 valence electrons. The Kier molecular flexibility index (Phi) is 5.25. The summed E-state index contributed by atoms with van der Waals surface area (Å²) in [5.74, 6) is 0.240. The van der Waals surface area contributed by atoms with Crippen LogP contribution >= 0.6 is 0 Å². The SMILES string of the molecule is C[C@H](NC(=O)c1cn(C)c2ccc(-c3ccn4nc(NC(=O)C5CC5)nc4c3)cc12)c1ccncc1. The van der Waals surface area contributed by atoms with Crippen molar-refractivity contribution in [2.75, 3.05) is 5.32 Å². The lowest BCUT2D eigenvalue weighted by Crippen LogP contribution is -2.26. The lowest BCUT2D eigenvalue weighted by Gasteiger charge is -2.13. The first kappa shape index (κ1) is 22.0. The van der Waals surface area contributed by atoms with Gasteiger partial charge in [0.25, 0.3) is 5.91 Å². The molecule has 6 rings (SSSR count). The van der Waals surface area contributed by atoms with E-state index in [-0.39, 0.29) is 23.8 Å². The smallest absolute Gasteiger partial charge is 0.253 e. The number of hydrogen-bond acceptors (Lipinski definition) is 5. The minimum absolute atomic E-state index is 0.0234. The van der Waals surface area contributed by atoms with Crippen LogP contribution in [0, 0.1) is 5.92 Å². The van der Waals surface area contributed by atoms with Gasteiger partial charge < -0.3 is 9.88 Å². The molecule has 0 bridgehead atoms. The van der Waals surface area contributed by atoms with Crippen molar-refractivity contribution in [2.24, 2.45) is 13.0 Å². The Morgan fingerprint density at radius 1 is 1.06 bits per heavy atom. The lowest BCUT2D eigenvalue weighted by molar-refractivity contribution is -0.117. The van der Waals surface area contributed by atoms with Gasteiger partial charge in [0.05, 0.1) is 11.6 Å². The topological polar surface area (TPSA) is 106 Å². The van der Waals surface area contributed by atoms with Gasteiger partial charge in [-0.3, -0.25) is 19.9 Å². The molecule has 9 nitrogen and oxygen atoms in total. The van der Waals surface area contributed by atoms with E-state index in [9.17, 15) is 9.59 Å². The number of aryl methyl sites for hydroxylation is 1. The van der Waals surface area contributed by atoms with E-state index in [0.29, 0.717) is 17.2 Å². The molecule has 0 saturated heterocycles. The van der Waals surface area contributed by atoms with Crippen LogP contribution in [0.25, 0.3) is 27.7 Å². The second kappa shape index (κ2) is 8.60. The Hall–Kier alpha value is -4.53. The van der Waals surface area contributed by atoms with Gasteiger partial charge in [0.15, 0.2) is 5.65 Å². The first-order chi connectivity index (χ1) is 17.5. The average molecular weight is 480 g/mol. The third kappa shape index (κ3) is 4.08. The molecule has 1 saturated carbocycles. The average Bonchev–Trinajstić information content (AvgIpc) is 3.59. The Morgan fingerprint density at radius 3 is 2.61 bits per heavy atom. The third-order valence-electron chi connectivity index (χ3n) is 6.64. The van der Waals surface area contributed by atoms with Crippen LogP contribution in [0.4, 0.5) is 5.95 Å². The standard InChI is InChI=1S/C27H25N7O2/c1-16(17-7-10-28-11-8-17)29-26(36)22-15-33(2)23-6-5-19(13-21(22)23)20-9-12-34-24(14-20)30-27(32-34)31-25(35)18-3-4-18/h5-16,18H,3-4H2,1-2H3,(H,29,36)(H,31,32,35)/t16-/m0/s1. The number of hydrogen-bond donors (Lipinski definition) is 2. The molecule has 1 atom stereocenters. The molecule has 9 heteroatoms. The van der Waals surface area contributed by atoms with E-state index in [1.807, 2.05) is 73.4 Å². The number of benzene rings is 1. The number of nitrogens with one attached hydrogen (secondary N) is 2. The number of rotatable bonds is 6. The molecule has 1 fully saturated rings. The van der Waals surface area contributed by atoms with Crippen molar-refractivity contribution < 1.29 is 9.59 Å². The Bertz CT molecular complexity index is 1620. The molecule has 2 amide bonds. The minimum atomic E-state index is -0.149. The zero-order chi connectivity index (χ0) is 24.8. The van der Waals surface area contributed by atoms with E-state index >= 15 is 0 Å². The van der Waals surface area contributed by atoms with Gasteiger partial charge in [0, 0.05) is 48.7 Å². The first-order valence-corrected chi connectivity index (χ1v) is 11.9. The van der Waals surface area contributed by atoms with Crippen molar-refractivity contribution in [2.45, 2.75) is 25.8 Å². The van der Waals surface area contributed by atoms with Crippen molar-refractivity contribution in [1.29, 1.82) is 0 Å². The molecule has 4 aromatic heterocycles. The number of nitrogens with zero attached hydrogens (tertiary/aromatic N) is 5. The molecule has 36 heavy (non-hydrogen) atoms. The van der Waals surface area contributed by atoms with Gasteiger partial charge in [-0.25, -0.2) is 4.52 Å². The Balaban J connectivity index is 1.30. The van der Waals surface area contributed by atoms with E-state index in [4.69, 9.17) is 0 Å². The van der Waals surface area contributed by atoms with Gasteiger partial charge in [0.1, 0.15) is 0 Å². The van der Waals surface area contributed by atoms with Gasteiger partial charge in [-0.2, -0.15) is 4.98 Å². The maximum atomic E-state index is 13.2. The molecule has 1 aliphatic rings. The molecule has 1 aromatic carbocycles. The van der Waals surface area contributed by atoms with Crippen molar-refractivity contribution >= 4 is 34.3 Å². The maximum absolute atomic E-state index is 13.2. The molecule has 2 N–H and O–H groups in total. The summed E-state index contributed by atoms with van der Waals surface area (Å²) < 4.78 is 3.61. The highest BCUT2D eigenvalue weighted by atomic mass is 16.2. The van der Waals surface area contributed by atoms with Crippen LogP contribution < -0.4 is 10.6 Å². The van der Waals surface area contributed by atoms with Gasteiger partial charge >= 0.3 is 0 Å². The fraction of sp³-hybridized carbons (Fsp3) is 0.222. The number of amides is 2. The van der Waals surface area contributed by atoms with Crippen LogP contribution in [-0.4, -0.2) is 36.0 Å². The lowest BCUT2D eigenvalue weighted by atomic mass is 10.0. The van der Waals surface area contributed by atoms with Crippen LogP contribution in [0.1, 0.15) is 41.7 Å². The minimum Gasteiger partial charge on any atom is -0.350 e. The van der Waals surface area contributed by atoms with Crippen LogP contribution in [0.2, 0.25) is 0 Å². The Labute approximate surface area is 207 Å². The summed E-state index contributed by atoms with van der Waals surface area (Å²) in [7, 11) is 1.94. The second-order valence-corrected chi connectivity index (χ2v) is 9.28. The number of carbonyl (C=O) groups is 2. The number of pyridine rings is 2. The van der Waals surface area contributed by atoms with Crippen molar-refractivity contribution in [3.63, 3.8) is 0 Å². The number of aromatic nitrogens is 5. The third-order valence-corrected chi connectivity index (χ3v) is 6.64. The summed E-state index contributed by atoms with van der Waals surface area (Å²) in [5.41, 5.74) is 5.11. The van der Waals surface area contributed by atoms with Gasteiger partial charge in [-0.15, -0.1) is 5.10 Å². The molecular weight excluding hydrogens is 454 g/mol. The Morgan fingerprint density at radius 2 is 1.83 bits per heavy atom. The zero-order valence-corrected chi connectivity index (χ0v) is 20.0. The summed E-state index contributed by atoms with van der Waals surface area (Å²) in [5, 5.41) is 11.1. The van der Waals surface area contributed by atoms with Crippen molar-refractivity contribution in [1.82, 2.24) is 29.5 Å². The summed E-state index contributed by atoms with van der Waals surface area (Å²) in [6, 6.07) is 13.6. The molecule has 0 aliphatic heterocycles. The summed E-state index contributed by atoms with van der Waals surface area (Å²) in [6.07, 6.45) is 8.97. The van der Waals surface area contributed by atoms with Gasteiger partial charge in [0.2, 0.25) is 11.9 Å². The van der Waals surface area contributed by atoms with E-state index in [0.717, 1.165) is 40.4 Å². The molecule has 4 heterocycles. The van der Waals surface area contributed by atoms with Crippen LogP contribution in [0.15, 0.2) is 67.3 Å². The van der Waals surface area contributed by atoms with Crippen molar-refractivity contribution in [3.05, 3.63) is 78.4 Å². The predicted molar refractivity (Wildman–Crippen MR) is 136 cm³/mol. The maximum Gasteiger partial charge on any atom is 0.253 e. The fourth-order valence-corrected chi connectivity index (χ4v) is 4.43. The first-order valence-electron chi connectivity index (χ1n) is 11.9. The highest BCUT2D eigenvalue weighted by molar-refractivity contribution is 6.08. The highest BCUT2D eigenvalue weighted by Crippen LogP contribution is 2.31. The largest absolute Gasteiger partial charge is 0.350 e. The predicted octanol–water partition coefficient (Wildman–Crippen LogP) is 4.12. The van der Waals surface area contributed by atoms with Gasteiger partial charge in [-0.1, -0.05) is 6.07 Å². The molecule has 0 unspecified atom stereocenters. The van der Waals surface area contributed by atoms with E-state index in [2.05, 4.69) is 25.7 Å². The molecule has 5 aromatic rings. The quantitative estimate of drug-likeness (QED) is 0.381. The molecular formula is C27H25N7O2. The summed E-state index contributed by atoms with van der Waals surface area (Å²) >= 11 is 0.